The first-order valence-electron chi connectivity index (χ1n) is 12.6. The lowest BCUT2D eigenvalue weighted by atomic mass is 9.81. The second-order valence-corrected chi connectivity index (χ2v) is 11.2. The van der Waals surface area contributed by atoms with Crippen LogP contribution in [0.2, 0.25) is 0 Å². The molecule has 2 saturated heterocycles. The van der Waals surface area contributed by atoms with Gasteiger partial charge in [-0.25, -0.2) is 9.37 Å². The summed E-state index contributed by atoms with van der Waals surface area (Å²) in [6.07, 6.45) is 2.96. The Bertz CT molecular complexity index is 1110. The summed E-state index contributed by atoms with van der Waals surface area (Å²) in [5.41, 5.74) is 2.42. The van der Waals surface area contributed by atoms with E-state index in [4.69, 9.17) is 21.7 Å². The van der Waals surface area contributed by atoms with Crippen molar-refractivity contribution in [1.29, 1.82) is 0 Å². The van der Waals surface area contributed by atoms with Crippen molar-refractivity contribution in [2.24, 2.45) is 11.3 Å². The minimum Gasteiger partial charge on any atom is -0.352 e. The molecule has 1 N–H and O–H groups in total. The largest absolute Gasteiger partial charge is 0.352 e. The van der Waals surface area contributed by atoms with Gasteiger partial charge in [-0.3, -0.25) is 9.21 Å². The van der Waals surface area contributed by atoms with Crippen LogP contribution in [0, 0.1) is 17.2 Å². The molecule has 4 heterocycles. The highest BCUT2D eigenvalue weighted by molar-refractivity contribution is 6.21. The van der Waals surface area contributed by atoms with E-state index < -0.39 is 0 Å². The number of aromatic nitrogens is 2. The van der Waals surface area contributed by atoms with Crippen molar-refractivity contribution >= 4 is 29.5 Å². The smallest absolute Gasteiger partial charge is 0.238 e. The van der Waals surface area contributed by atoms with Gasteiger partial charge >= 0.3 is 0 Å². The molecule has 5 rings (SSSR count). The summed E-state index contributed by atoms with van der Waals surface area (Å²) in [7, 11) is 1.57. The van der Waals surface area contributed by atoms with Crippen molar-refractivity contribution in [1.82, 2.24) is 19.7 Å². The Morgan fingerprint density at radius 2 is 2.03 bits per heavy atom. The number of nitrogens with one attached hydrogen (secondary N) is 1. The van der Waals surface area contributed by atoms with E-state index in [1.165, 1.54) is 6.07 Å². The fraction of sp³-hybridized carbons (Fsp3) is 0.577. The van der Waals surface area contributed by atoms with Crippen molar-refractivity contribution in [3.63, 3.8) is 0 Å². The summed E-state index contributed by atoms with van der Waals surface area (Å²) in [4.78, 5) is 27.1. The van der Waals surface area contributed by atoms with Crippen molar-refractivity contribution in [2.45, 2.75) is 45.6 Å². The van der Waals surface area contributed by atoms with Crippen LogP contribution < -0.4 is 15.1 Å². The van der Waals surface area contributed by atoms with Crippen LogP contribution in [-0.2, 0) is 11.2 Å². The predicted molar refractivity (Wildman–Crippen MR) is 137 cm³/mol. The summed E-state index contributed by atoms with van der Waals surface area (Å²) in [6.45, 7) is 8.87. The van der Waals surface area contributed by atoms with Crippen LogP contribution >= 0.6 is 11.8 Å². The lowest BCUT2D eigenvalue weighted by Crippen LogP contribution is -2.54. The minimum atomic E-state index is -0.281. The van der Waals surface area contributed by atoms with Crippen LogP contribution in [0.3, 0.4) is 0 Å². The maximum atomic E-state index is 15.0. The topological polar surface area (TPSA) is 64.6 Å². The average Bonchev–Trinajstić information content (AvgIpc) is 3.43. The summed E-state index contributed by atoms with van der Waals surface area (Å²) in [6, 6.07) is 6.79. The molecule has 1 amide bonds. The van der Waals surface area contributed by atoms with Crippen molar-refractivity contribution < 1.29 is 9.18 Å². The zero-order valence-electron chi connectivity index (χ0n) is 20.7. The van der Waals surface area contributed by atoms with Crippen molar-refractivity contribution in [2.75, 3.05) is 49.6 Å². The second kappa shape index (κ2) is 9.54. The second-order valence-electron chi connectivity index (χ2n) is 10.7. The average molecular weight is 501 g/mol. The van der Waals surface area contributed by atoms with Crippen LogP contribution in [-0.4, -0.2) is 66.1 Å². The Labute approximate surface area is 211 Å². The monoisotopic (exact) mass is 500 g/mol. The molecule has 2 aromatic rings. The third kappa shape index (κ3) is 4.70. The maximum absolute atomic E-state index is 15.0. The molecule has 0 saturated carbocycles. The third-order valence-electron chi connectivity index (χ3n) is 7.64. The van der Waals surface area contributed by atoms with Gasteiger partial charge in [-0.2, -0.15) is 4.98 Å². The molecular weight excluding hydrogens is 467 g/mol. The zero-order chi connectivity index (χ0) is 24.7. The fourth-order valence-corrected chi connectivity index (χ4v) is 5.77. The third-order valence-corrected chi connectivity index (χ3v) is 7.83. The Balaban J connectivity index is 1.57. The molecule has 1 aromatic heterocycles. The molecule has 9 heteroatoms. The first-order valence-corrected chi connectivity index (χ1v) is 12.9. The Morgan fingerprint density at radius 3 is 2.66 bits per heavy atom. The van der Waals surface area contributed by atoms with Crippen LogP contribution in [0.1, 0.15) is 38.7 Å². The van der Waals surface area contributed by atoms with E-state index in [0.717, 1.165) is 61.4 Å². The van der Waals surface area contributed by atoms with Gasteiger partial charge in [-0.15, -0.1) is 0 Å². The van der Waals surface area contributed by atoms with Gasteiger partial charge in [0.05, 0.1) is 5.69 Å². The van der Waals surface area contributed by atoms with Gasteiger partial charge in [-0.05, 0) is 37.3 Å². The molecule has 35 heavy (non-hydrogen) atoms. The van der Waals surface area contributed by atoms with Gasteiger partial charge in [0.1, 0.15) is 11.6 Å². The normalized spacial score (nSPS) is 19.3. The Hall–Kier alpha value is -2.45. The van der Waals surface area contributed by atoms with Crippen molar-refractivity contribution in [3.05, 3.63) is 35.6 Å². The summed E-state index contributed by atoms with van der Waals surface area (Å²) in [5, 5.41) is 3.40. The van der Waals surface area contributed by atoms with E-state index >= 15 is 0 Å². The molecule has 0 bridgehead atoms. The maximum Gasteiger partial charge on any atom is 0.238 e. The lowest BCUT2D eigenvalue weighted by molar-refractivity contribution is -0.126. The molecular formula is C26H34ClFN6O. The lowest BCUT2D eigenvalue weighted by Gasteiger charge is -2.39. The number of fused-ring (bicyclic) bond motifs is 1. The van der Waals surface area contributed by atoms with Crippen molar-refractivity contribution in [3.8, 4) is 11.3 Å². The molecule has 2 fully saturated rings. The highest BCUT2D eigenvalue weighted by Gasteiger charge is 2.44. The number of hydrogen-bond acceptors (Lipinski definition) is 6. The number of carbonyl (C=O) groups excluding carboxylic acids is 1. The number of amides is 1. The zero-order valence-corrected chi connectivity index (χ0v) is 21.5. The van der Waals surface area contributed by atoms with Gasteiger partial charge in [0.25, 0.3) is 0 Å². The van der Waals surface area contributed by atoms with E-state index in [9.17, 15) is 9.18 Å². The van der Waals surface area contributed by atoms with Crippen LogP contribution in [0.15, 0.2) is 24.3 Å². The highest BCUT2D eigenvalue weighted by Crippen LogP contribution is 2.41. The molecule has 0 radical (unpaired) electrons. The van der Waals surface area contributed by atoms with Crippen LogP contribution in [0.5, 0.6) is 0 Å². The van der Waals surface area contributed by atoms with E-state index in [0.29, 0.717) is 36.0 Å². The number of nitrogens with zero attached hydrogens (tertiary/aromatic N) is 5. The molecule has 1 atom stereocenters. The Kier molecular flexibility index (Phi) is 6.61. The molecule has 1 spiro atoms. The fourth-order valence-electron chi connectivity index (χ4n) is 5.70. The van der Waals surface area contributed by atoms with E-state index in [1.807, 2.05) is 6.07 Å². The quantitative estimate of drug-likeness (QED) is 0.582. The highest BCUT2D eigenvalue weighted by atomic mass is 35.5. The summed E-state index contributed by atoms with van der Waals surface area (Å²) < 4.78 is 16.1. The van der Waals surface area contributed by atoms with E-state index in [2.05, 4.69) is 29.0 Å². The molecule has 188 valence electrons. The molecule has 7 nitrogen and oxygen atoms in total. The standard InChI is InChI=1S/C26H34ClFN6O/c1-17(2)12-18(13-22(35)32(3)27)34-10-8-20-23(19-6-4-5-7-21(19)28)30-25(31-24(20)34)33-11-9-26(16-33)14-29-15-26/h4-7,17-18,29H,8-16H2,1-3H3/t18-/m0/s1. The van der Waals surface area contributed by atoms with Gasteiger partial charge in [0.2, 0.25) is 11.9 Å². The van der Waals surface area contributed by atoms with E-state index in [1.54, 1.807) is 19.2 Å². The number of rotatable bonds is 7. The number of anilines is 2. The molecule has 0 unspecified atom stereocenters. The first kappa shape index (κ1) is 24.3. The number of carbonyl (C=O) groups is 1. The number of benzene rings is 1. The molecule has 3 aliphatic rings. The van der Waals surface area contributed by atoms with Gasteiger partial charge < -0.3 is 15.1 Å². The molecule has 0 aliphatic carbocycles. The first-order chi connectivity index (χ1) is 16.8. The summed E-state index contributed by atoms with van der Waals surface area (Å²) >= 11 is 5.98. The van der Waals surface area contributed by atoms with E-state index in [-0.39, 0.29) is 23.2 Å². The van der Waals surface area contributed by atoms with Gasteiger partial charge in [0, 0.05) is 80.6 Å². The van der Waals surface area contributed by atoms with Gasteiger partial charge in [-0.1, -0.05) is 26.0 Å². The SMILES string of the molecule is CC(C)C[C@@H](CC(=O)N(C)Cl)N1CCc2c(-c3ccccc3F)nc(N3CCC4(CNC4)C3)nc21. The minimum absolute atomic E-state index is 0.0399. The predicted octanol–water partition coefficient (Wildman–Crippen LogP) is 3.86. The number of halogens is 2. The molecule has 1 aromatic carbocycles. The Morgan fingerprint density at radius 1 is 1.26 bits per heavy atom. The molecule has 3 aliphatic heterocycles. The van der Waals surface area contributed by atoms with Gasteiger partial charge in [0.15, 0.2) is 0 Å². The summed E-state index contributed by atoms with van der Waals surface area (Å²) in [5.74, 6) is 1.48. The van der Waals surface area contributed by atoms with Crippen LogP contribution in [0.4, 0.5) is 16.2 Å². The van der Waals surface area contributed by atoms with Crippen LogP contribution in [0.25, 0.3) is 11.3 Å². The number of hydrogen-bond donors (Lipinski definition) is 1.